The van der Waals surface area contributed by atoms with Crippen molar-refractivity contribution in [2.45, 2.75) is 64.4 Å². The first-order valence-electron chi connectivity index (χ1n) is 14.4. The summed E-state index contributed by atoms with van der Waals surface area (Å²) < 4.78 is 5.27. The average Bonchev–Trinajstić information content (AvgIpc) is 3.21. The van der Waals surface area contributed by atoms with E-state index in [4.69, 9.17) is 4.74 Å². The Bertz CT molecular complexity index is 1200. The Balaban J connectivity index is 1.15. The van der Waals surface area contributed by atoms with Crippen molar-refractivity contribution >= 4 is 17.4 Å². The van der Waals surface area contributed by atoms with Crippen molar-refractivity contribution in [3.05, 3.63) is 41.5 Å². The van der Waals surface area contributed by atoms with Gasteiger partial charge >= 0.3 is 0 Å². The van der Waals surface area contributed by atoms with Crippen molar-refractivity contribution in [1.29, 1.82) is 0 Å². The van der Waals surface area contributed by atoms with Crippen LogP contribution in [0.4, 0.5) is 5.82 Å². The largest absolute Gasteiger partial charge is 0.481 e. The molecule has 0 bridgehead atoms. The SMILES string of the molecule is COc1cccc(N2CCN(CC(=O)[C@@]3(O)CCC4C5CCC6=CC(=O)CC[C@]6(C)C5=CC[C@@]43C)CC2)n1. The van der Waals surface area contributed by atoms with Crippen LogP contribution in [0, 0.1) is 22.7 Å². The van der Waals surface area contributed by atoms with Gasteiger partial charge in [-0.2, -0.15) is 4.98 Å². The molecule has 4 aliphatic carbocycles. The van der Waals surface area contributed by atoms with Crippen LogP contribution in [0.2, 0.25) is 0 Å². The van der Waals surface area contributed by atoms with Gasteiger partial charge < -0.3 is 14.7 Å². The number of carbonyl (C=O) groups excluding carboxylic acids is 2. The third-order valence-corrected chi connectivity index (χ3v) is 10.9. The minimum atomic E-state index is -1.29. The van der Waals surface area contributed by atoms with E-state index in [-0.39, 0.29) is 17.0 Å². The number of hydrogen-bond acceptors (Lipinski definition) is 7. The normalized spacial score (nSPS) is 37.1. The molecule has 5 atom stereocenters. The maximum absolute atomic E-state index is 13.8. The monoisotopic (exact) mass is 519 g/mol. The molecular formula is C31H41N3O4. The average molecular weight is 520 g/mol. The second kappa shape index (κ2) is 9.30. The third-order valence-electron chi connectivity index (χ3n) is 10.9. The number of methoxy groups -OCH3 is 1. The minimum absolute atomic E-state index is 0.0156. The van der Waals surface area contributed by atoms with Crippen LogP contribution in [0.25, 0.3) is 0 Å². The Labute approximate surface area is 225 Å². The number of Topliss-reactive ketones (excluding diaryl/α,β-unsaturated/α-hetero) is 1. The van der Waals surface area contributed by atoms with Gasteiger partial charge in [0, 0.05) is 49.5 Å². The lowest BCUT2D eigenvalue weighted by atomic mass is 9.50. The second-order valence-corrected chi connectivity index (χ2v) is 12.6. The zero-order valence-corrected chi connectivity index (χ0v) is 23.0. The third kappa shape index (κ3) is 3.88. The highest BCUT2D eigenvalue weighted by molar-refractivity contribution is 5.92. The summed E-state index contributed by atoms with van der Waals surface area (Å²) in [6, 6.07) is 5.79. The lowest BCUT2D eigenvalue weighted by Crippen LogP contribution is -2.58. The molecule has 7 nitrogen and oxygen atoms in total. The number of allylic oxidation sites excluding steroid dienone is 4. The van der Waals surface area contributed by atoms with E-state index in [2.05, 4.69) is 34.7 Å². The van der Waals surface area contributed by atoms with E-state index >= 15 is 0 Å². The molecule has 0 radical (unpaired) electrons. The fourth-order valence-corrected chi connectivity index (χ4v) is 8.49. The van der Waals surface area contributed by atoms with Gasteiger partial charge in [0.15, 0.2) is 11.6 Å². The van der Waals surface area contributed by atoms with Crippen LogP contribution in [0.15, 0.2) is 41.5 Å². The number of aromatic nitrogens is 1. The highest BCUT2D eigenvalue weighted by atomic mass is 16.5. The summed E-state index contributed by atoms with van der Waals surface area (Å²) in [4.78, 5) is 34.9. The number of piperazine rings is 1. The van der Waals surface area contributed by atoms with E-state index in [1.54, 1.807) is 7.11 Å². The van der Waals surface area contributed by atoms with E-state index in [9.17, 15) is 14.7 Å². The fraction of sp³-hybridized carbons (Fsp3) is 0.645. The summed E-state index contributed by atoms with van der Waals surface area (Å²) in [7, 11) is 1.62. The molecule has 1 aromatic rings. The number of ketones is 2. The van der Waals surface area contributed by atoms with E-state index in [0.717, 1.165) is 64.1 Å². The summed E-state index contributed by atoms with van der Waals surface area (Å²) in [5, 5.41) is 12.1. The molecule has 38 heavy (non-hydrogen) atoms. The molecule has 5 aliphatic rings. The summed E-state index contributed by atoms with van der Waals surface area (Å²) in [6.45, 7) is 7.89. The number of nitrogens with zero attached hydrogens (tertiary/aromatic N) is 3. The van der Waals surface area contributed by atoms with Crippen molar-refractivity contribution in [2.24, 2.45) is 22.7 Å². The lowest BCUT2D eigenvalue weighted by Gasteiger charge is -2.54. The summed E-state index contributed by atoms with van der Waals surface area (Å²) >= 11 is 0. The van der Waals surface area contributed by atoms with Gasteiger partial charge in [-0.3, -0.25) is 14.5 Å². The van der Waals surface area contributed by atoms with Gasteiger partial charge in [-0.1, -0.05) is 37.1 Å². The predicted molar refractivity (Wildman–Crippen MR) is 146 cm³/mol. The molecular weight excluding hydrogens is 478 g/mol. The van der Waals surface area contributed by atoms with Crippen LogP contribution < -0.4 is 9.64 Å². The van der Waals surface area contributed by atoms with Gasteiger partial charge in [0.1, 0.15) is 11.4 Å². The first kappa shape index (κ1) is 25.8. The first-order valence-corrected chi connectivity index (χ1v) is 14.4. The number of ether oxygens (including phenoxy) is 1. The summed E-state index contributed by atoms with van der Waals surface area (Å²) in [5.41, 5.74) is 1.02. The maximum atomic E-state index is 13.8. The van der Waals surface area contributed by atoms with Crippen molar-refractivity contribution in [2.75, 3.05) is 44.7 Å². The number of rotatable bonds is 5. The number of fused-ring (bicyclic) bond motifs is 5. The molecule has 7 heteroatoms. The molecule has 0 spiro atoms. The highest BCUT2D eigenvalue weighted by Crippen LogP contribution is 2.65. The molecule has 204 valence electrons. The van der Waals surface area contributed by atoms with Gasteiger partial charge in [-0.25, -0.2) is 0 Å². The molecule has 1 N–H and O–H groups in total. The van der Waals surface area contributed by atoms with Crippen molar-refractivity contribution < 1.29 is 19.4 Å². The quantitative estimate of drug-likeness (QED) is 0.590. The maximum Gasteiger partial charge on any atom is 0.214 e. The zero-order chi connectivity index (χ0) is 26.7. The fourth-order valence-electron chi connectivity index (χ4n) is 8.49. The van der Waals surface area contributed by atoms with Gasteiger partial charge in [-0.05, 0) is 62.5 Å². The van der Waals surface area contributed by atoms with Gasteiger partial charge in [0.2, 0.25) is 5.88 Å². The second-order valence-electron chi connectivity index (χ2n) is 12.6. The summed E-state index contributed by atoms with van der Waals surface area (Å²) in [6.07, 6.45) is 9.93. The van der Waals surface area contributed by atoms with Crippen molar-refractivity contribution in [1.82, 2.24) is 9.88 Å². The van der Waals surface area contributed by atoms with Crippen LogP contribution >= 0.6 is 0 Å². The Kier molecular flexibility index (Phi) is 6.30. The Hall–Kier alpha value is -2.51. The first-order chi connectivity index (χ1) is 18.2. The predicted octanol–water partition coefficient (Wildman–Crippen LogP) is 3.96. The number of aliphatic hydroxyl groups is 1. The van der Waals surface area contributed by atoms with Crippen LogP contribution in [-0.4, -0.2) is 72.0 Å². The van der Waals surface area contributed by atoms with Gasteiger partial charge in [0.05, 0.1) is 13.7 Å². The number of hydrogen-bond donors (Lipinski definition) is 1. The van der Waals surface area contributed by atoms with Crippen LogP contribution in [0.3, 0.4) is 0 Å². The van der Waals surface area contributed by atoms with E-state index < -0.39 is 11.0 Å². The Morgan fingerprint density at radius 1 is 1.13 bits per heavy atom. The van der Waals surface area contributed by atoms with Crippen molar-refractivity contribution in [3.63, 3.8) is 0 Å². The Morgan fingerprint density at radius 2 is 1.92 bits per heavy atom. The molecule has 6 rings (SSSR count). The van der Waals surface area contributed by atoms with E-state index in [1.165, 1.54) is 11.1 Å². The molecule has 0 aromatic carbocycles. The van der Waals surface area contributed by atoms with Crippen LogP contribution in [0.1, 0.15) is 58.8 Å². The molecule has 1 aromatic heterocycles. The van der Waals surface area contributed by atoms with Gasteiger partial charge in [-0.15, -0.1) is 0 Å². The lowest BCUT2D eigenvalue weighted by molar-refractivity contribution is -0.154. The zero-order valence-electron chi connectivity index (χ0n) is 23.0. The van der Waals surface area contributed by atoms with Gasteiger partial charge in [0.25, 0.3) is 0 Å². The molecule has 3 fully saturated rings. The van der Waals surface area contributed by atoms with E-state index in [0.29, 0.717) is 37.1 Å². The number of anilines is 1. The minimum Gasteiger partial charge on any atom is -0.481 e. The van der Waals surface area contributed by atoms with Crippen molar-refractivity contribution in [3.8, 4) is 5.88 Å². The molecule has 1 saturated heterocycles. The molecule has 1 aliphatic heterocycles. The van der Waals surface area contributed by atoms with E-state index in [1.807, 2.05) is 24.3 Å². The molecule has 2 unspecified atom stereocenters. The molecule has 2 heterocycles. The number of carbonyl (C=O) groups is 2. The molecule has 2 saturated carbocycles. The highest BCUT2D eigenvalue weighted by Gasteiger charge is 2.64. The van der Waals surface area contributed by atoms with Crippen LogP contribution in [-0.2, 0) is 9.59 Å². The standard InChI is InChI=1S/C31H41N3O4/c1-29-12-9-22(35)19-21(29)7-8-23-24(29)10-13-30(2)25(23)11-14-31(30,37)26(36)20-33-15-17-34(18-16-33)27-5-4-6-28(32-27)38-3/h4-6,10,19,23,25,37H,7-9,11-18,20H2,1-3H3/t23?,25?,29-,30-,31-/m0/s1. The molecule has 0 amide bonds. The topological polar surface area (TPSA) is 83.0 Å². The van der Waals surface area contributed by atoms with Crippen LogP contribution in [0.5, 0.6) is 5.88 Å². The summed E-state index contributed by atoms with van der Waals surface area (Å²) in [5.74, 6) is 2.45. The Morgan fingerprint density at radius 3 is 2.68 bits per heavy atom. The number of pyridine rings is 1. The smallest absolute Gasteiger partial charge is 0.214 e.